The molecule has 0 atom stereocenters. The van der Waals surface area contributed by atoms with Gasteiger partial charge < -0.3 is 14.4 Å². The smallest absolute Gasteiger partial charge is 0.270 e. The highest BCUT2D eigenvalue weighted by molar-refractivity contribution is 7.13. The van der Waals surface area contributed by atoms with Crippen molar-refractivity contribution in [1.29, 1.82) is 0 Å². The van der Waals surface area contributed by atoms with Gasteiger partial charge in [0.15, 0.2) is 0 Å². The Balaban J connectivity index is 1.19. The number of rotatable bonds is 4. The molecule has 6 rings (SSSR count). The van der Waals surface area contributed by atoms with Gasteiger partial charge in [0.2, 0.25) is 0 Å². The van der Waals surface area contributed by atoms with Gasteiger partial charge in [-0.25, -0.2) is 8.78 Å². The number of fused-ring (bicyclic) bond motifs is 4. The van der Waals surface area contributed by atoms with Gasteiger partial charge >= 0.3 is 0 Å². The molecular weight excluding hydrogens is 456 g/mol. The predicted molar refractivity (Wildman–Crippen MR) is 131 cm³/mol. The summed E-state index contributed by atoms with van der Waals surface area (Å²) in [4.78, 5) is 19.4. The summed E-state index contributed by atoms with van der Waals surface area (Å²) in [6.45, 7) is 5.60. The van der Waals surface area contributed by atoms with Gasteiger partial charge in [-0.15, -0.1) is 0 Å². The number of hydrogen-bond acceptors (Lipinski definition) is 5. The summed E-state index contributed by atoms with van der Waals surface area (Å²) < 4.78 is 35.0. The number of hydrogen-bond donors (Lipinski definition) is 0. The summed E-state index contributed by atoms with van der Waals surface area (Å²) in [6, 6.07) is 9.68. The molecule has 1 fully saturated rings. The van der Waals surface area contributed by atoms with E-state index in [1.807, 2.05) is 23.7 Å². The first-order valence-corrected chi connectivity index (χ1v) is 12.4. The maximum Gasteiger partial charge on any atom is 0.270 e. The minimum Gasteiger partial charge on any atom is -0.353 e. The number of carbonyl (C=O) groups excluding carboxylic acids is 1. The summed E-state index contributed by atoms with van der Waals surface area (Å²) in [6.07, 6.45) is 0.739. The largest absolute Gasteiger partial charge is 0.353 e. The molecule has 2 aliphatic rings. The average molecular weight is 482 g/mol. The van der Waals surface area contributed by atoms with E-state index in [1.165, 1.54) is 23.7 Å². The van der Waals surface area contributed by atoms with Gasteiger partial charge in [0.1, 0.15) is 23.1 Å². The molecule has 1 saturated heterocycles. The zero-order valence-electron chi connectivity index (χ0n) is 18.9. The van der Waals surface area contributed by atoms with Crippen molar-refractivity contribution in [2.75, 3.05) is 51.2 Å². The Morgan fingerprint density at radius 1 is 0.941 bits per heavy atom. The van der Waals surface area contributed by atoms with Crippen LogP contribution in [0.5, 0.6) is 0 Å². The summed E-state index contributed by atoms with van der Waals surface area (Å²) in [5, 5.41) is 1.97. The molecule has 0 spiro atoms. The Morgan fingerprint density at radius 3 is 2.47 bits per heavy atom. The van der Waals surface area contributed by atoms with E-state index in [4.69, 9.17) is 0 Å². The van der Waals surface area contributed by atoms with Gasteiger partial charge in [0, 0.05) is 63.6 Å². The molecule has 6 nitrogen and oxygen atoms in total. The lowest BCUT2D eigenvalue weighted by Crippen LogP contribution is -2.47. The minimum absolute atomic E-state index is 0.00882. The highest BCUT2D eigenvalue weighted by Crippen LogP contribution is 2.32. The molecule has 0 N–H and O–H groups in total. The van der Waals surface area contributed by atoms with Crippen LogP contribution in [0.25, 0.3) is 21.0 Å². The van der Waals surface area contributed by atoms with Crippen LogP contribution in [0, 0.1) is 11.6 Å². The molecule has 0 unspecified atom stereocenters. The fourth-order valence-electron chi connectivity index (χ4n) is 5.24. The molecule has 0 aliphatic carbocycles. The quantitative estimate of drug-likeness (QED) is 0.442. The number of nitrogens with zero attached hydrogens (tertiary/aromatic N) is 5. The molecule has 2 aromatic heterocycles. The molecule has 9 heteroatoms. The van der Waals surface area contributed by atoms with Gasteiger partial charge in [-0.3, -0.25) is 9.69 Å². The highest BCUT2D eigenvalue weighted by Gasteiger charge is 2.29. The van der Waals surface area contributed by atoms with Crippen LogP contribution in [-0.4, -0.2) is 71.0 Å². The lowest BCUT2D eigenvalue weighted by molar-refractivity contribution is 0.0749. The third-order valence-corrected chi connectivity index (χ3v) is 7.90. The van der Waals surface area contributed by atoms with Gasteiger partial charge in [-0.05, 0) is 59.9 Å². The summed E-state index contributed by atoms with van der Waals surface area (Å²) >= 11 is 1.34. The number of piperazine rings is 1. The van der Waals surface area contributed by atoms with Crippen LogP contribution in [0.3, 0.4) is 0 Å². The standard InChI is InChI=1S/C25H25F2N5OS/c1-29-8-13-32-21-14-16(26)2-4-18(21)19(23(32)25(29)33)6-7-30-9-11-31(12-10-30)24-20-5-3-17(27)15-22(20)34-28-24/h2-5,14-15H,6-13H2,1H3. The van der Waals surface area contributed by atoms with E-state index in [-0.39, 0.29) is 17.5 Å². The van der Waals surface area contributed by atoms with Crippen molar-refractivity contribution >= 4 is 44.2 Å². The van der Waals surface area contributed by atoms with Gasteiger partial charge in [-0.2, -0.15) is 4.37 Å². The Kier molecular flexibility index (Phi) is 5.26. The number of carbonyl (C=O) groups is 1. The second-order valence-corrected chi connectivity index (χ2v) is 9.90. The van der Waals surface area contributed by atoms with Crippen LogP contribution >= 0.6 is 11.5 Å². The van der Waals surface area contributed by atoms with Crippen molar-refractivity contribution < 1.29 is 13.6 Å². The minimum atomic E-state index is -0.279. The second-order valence-electron chi connectivity index (χ2n) is 9.09. The Hall–Kier alpha value is -3.04. The first-order valence-electron chi connectivity index (χ1n) is 11.6. The third kappa shape index (κ3) is 3.54. The molecule has 2 aliphatic heterocycles. The fourth-order valence-corrected chi connectivity index (χ4v) is 6.06. The van der Waals surface area contributed by atoms with Crippen LogP contribution in [-0.2, 0) is 13.0 Å². The Bertz CT molecular complexity index is 1410. The van der Waals surface area contributed by atoms with Crippen molar-refractivity contribution in [1.82, 2.24) is 18.7 Å². The molecule has 4 aromatic rings. The van der Waals surface area contributed by atoms with Crippen LogP contribution < -0.4 is 4.90 Å². The van der Waals surface area contributed by atoms with Crippen molar-refractivity contribution in [3.8, 4) is 0 Å². The molecule has 4 heterocycles. The van der Waals surface area contributed by atoms with Crippen molar-refractivity contribution in [3.63, 3.8) is 0 Å². The van der Waals surface area contributed by atoms with E-state index in [2.05, 4.69) is 14.2 Å². The molecule has 2 aromatic carbocycles. The van der Waals surface area contributed by atoms with Gasteiger partial charge in [-0.1, -0.05) is 0 Å². The zero-order chi connectivity index (χ0) is 23.4. The topological polar surface area (TPSA) is 44.6 Å². The van der Waals surface area contributed by atoms with Crippen molar-refractivity contribution in [2.45, 2.75) is 13.0 Å². The van der Waals surface area contributed by atoms with Crippen LogP contribution in [0.1, 0.15) is 16.1 Å². The highest BCUT2D eigenvalue weighted by atomic mass is 32.1. The Labute approximate surface area is 200 Å². The molecule has 0 bridgehead atoms. The number of amides is 1. The summed E-state index contributed by atoms with van der Waals surface area (Å²) in [7, 11) is 1.82. The monoisotopic (exact) mass is 481 g/mol. The molecule has 176 valence electrons. The van der Waals surface area contributed by atoms with E-state index in [1.54, 1.807) is 17.0 Å². The first-order chi connectivity index (χ1) is 16.5. The van der Waals surface area contributed by atoms with Gasteiger partial charge in [0.25, 0.3) is 5.91 Å². The van der Waals surface area contributed by atoms with Gasteiger partial charge in [0.05, 0.1) is 10.2 Å². The number of likely N-dealkylation sites (N-methyl/N-ethyl adjacent to an activating group) is 1. The molecular formula is C25H25F2N5OS. The molecule has 1 amide bonds. The Morgan fingerprint density at radius 2 is 1.68 bits per heavy atom. The zero-order valence-corrected chi connectivity index (χ0v) is 19.7. The maximum absolute atomic E-state index is 14.0. The second kappa shape index (κ2) is 8.32. The van der Waals surface area contributed by atoms with Crippen LogP contribution in [0.4, 0.5) is 14.6 Å². The van der Waals surface area contributed by atoms with E-state index in [9.17, 15) is 13.6 Å². The normalized spacial score (nSPS) is 17.2. The average Bonchev–Trinajstić information content (AvgIpc) is 3.39. The van der Waals surface area contributed by atoms with E-state index >= 15 is 0 Å². The fraction of sp³-hybridized carbons (Fsp3) is 0.360. The molecule has 34 heavy (non-hydrogen) atoms. The summed E-state index contributed by atoms with van der Waals surface area (Å²) in [5.74, 6) is 0.428. The van der Waals surface area contributed by atoms with Crippen LogP contribution in [0.2, 0.25) is 0 Å². The lowest BCUT2D eigenvalue weighted by Gasteiger charge is -2.35. The van der Waals surface area contributed by atoms with E-state index in [0.29, 0.717) is 18.8 Å². The van der Waals surface area contributed by atoms with Crippen molar-refractivity contribution in [3.05, 3.63) is 59.3 Å². The SMILES string of the molecule is CN1CCn2c(c(CCN3CCN(c4nsc5cc(F)ccc45)CC3)c3ccc(F)cc32)C1=O. The van der Waals surface area contributed by atoms with E-state index in [0.717, 1.165) is 71.5 Å². The number of anilines is 1. The maximum atomic E-state index is 14.0. The summed E-state index contributed by atoms with van der Waals surface area (Å²) in [5.41, 5.74) is 2.53. The first kappa shape index (κ1) is 21.5. The number of halogens is 2. The number of aromatic nitrogens is 2. The van der Waals surface area contributed by atoms with Crippen molar-refractivity contribution in [2.24, 2.45) is 0 Å². The lowest BCUT2D eigenvalue weighted by atomic mass is 10.1. The number of benzene rings is 2. The predicted octanol–water partition coefficient (Wildman–Crippen LogP) is 3.98. The van der Waals surface area contributed by atoms with E-state index < -0.39 is 0 Å². The molecule has 0 radical (unpaired) electrons. The molecule has 0 saturated carbocycles. The third-order valence-electron chi connectivity index (χ3n) is 7.10. The van der Waals surface area contributed by atoms with Crippen LogP contribution in [0.15, 0.2) is 36.4 Å².